The quantitative estimate of drug-likeness (QED) is 0.802. The van der Waals surface area contributed by atoms with Crippen LogP contribution in [0.5, 0.6) is 0 Å². The van der Waals surface area contributed by atoms with Gasteiger partial charge in [0, 0.05) is 34.5 Å². The van der Waals surface area contributed by atoms with Gasteiger partial charge >= 0.3 is 0 Å². The van der Waals surface area contributed by atoms with Crippen LogP contribution in [0.2, 0.25) is 0 Å². The predicted molar refractivity (Wildman–Crippen MR) is 75.5 cm³/mol. The standard InChI is InChI=1S/C14H18N2OS/c17-13(5-8-16-6-1-2-7-16)11-3-4-12-10-15-18-14(12)9-11/h3-4,9-10,15,17H,1-2,5-8H2. The Hall–Kier alpha value is -1.13. The summed E-state index contributed by atoms with van der Waals surface area (Å²) in [4.78, 5) is 3.62. The van der Waals surface area contributed by atoms with Crippen molar-refractivity contribution >= 4 is 23.9 Å². The number of nitrogens with one attached hydrogen (secondary N) is 1. The Morgan fingerprint density at radius 2 is 2.17 bits per heavy atom. The fourth-order valence-corrected chi connectivity index (χ4v) is 3.24. The number of fused-ring (bicyclic) bond motifs is 1. The number of likely N-dealkylation sites (tertiary alicyclic amines) is 1. The van der Waals surface area contributed by atoms with Crippen molar-refractivity contribution in [3.05, 3.63) is 28.6 Å². The average molecular weight is 262 g/mol. The summed E-state index contributed by atoms with van der Waals surface area (Å²) in [6.07, 6.45) is 5.35. The lowest BCUT2D eigenvalue weighted by Gasteiger charge is -2.13. The summed E-state index contributed by atoms with van der Waals surface area (Å²) < 4.78 is 3.12. The maximum atomic E-state index is 10.2. The number of hydrogen-bond acceptors (Lipinski definition) is 4. The third kappa shape index (κ3) is 2.49. The van der Waals surface area contributed by atoms with Crippen LogP contribution in [0.3, 0.4) is 0 Å². The van der Waals surface area contributed by atoms with Crippen LogP contribution >= 0.6 is 11.9 Å². The van der Waals surface area contributed by atoms with Crippen molar-refractivity contribution in [3.63, 3.8) is 0 Å². The maximum Gasteiger partial charge on any atom is 0.101 e. The first-order valence-electron chi connectivity index (χ1n) is 6.50. The molecule has 1 aromatic carbocycles. The van der Waals surface area contributed by atoms with Gasteiger partial charge in [-0.05, 0) is 43.9 Å². The Kier molecular flexibility index (Phi) is 3.48. The van der Waals surface area contributed by atoms with Gasteiger partial charge in [-0.3, -0.25) is 0 Å². The van der Waals surface area contributed by atoms with Crippen molar-refractivity contribution in [2.75, 3.05) is 19.6 Å². The predicted octanol–water partition coefficient (Wildman–Crippen LogP) is 1.19. The minimum absolute atomic E-state index is 0.511. The molecule has 0 aliphatic carbocycles. The van der Waals surface area contributed by atoms with Crippen LogP contribution in [0, 0.1) is 0 Å². The van der Waals surface area contributed by atoms with E-state index in [2.05, 4.69) is 21.8 Å². The van der Waals surface area contributed by atoms with E-state index in [0.29, 0.717) is 5.76 Å². The average Bonchev–Trinajstić information content (AvgIpc) is 3.05. The molecule has 0 bridgehead atoms. The van der Waals surface area contributed by atoms with E-state index in [1.165, 1.54) is 36.0 Å². The third-order valence-corrected chi connectivity index (χ3v) is 4.40. The highest BCUT2D eigenvalue weighted by Crippen LogP contribution is 2.12. The summed E-state index contributed by atoms with van der Waals surface area (Å²) in [7, 11) is 0. The summed E-state index contributed by atoms with van der Waals surface area (Å²) in [5, 5.41) is 12.3. The van der Waals surface area contributed by atoms with E-state index in [0.717, 1.165) is 18.2 Å². The first-order valence-corrected chi connectivity index (χ1v) is 7.32. The molecule has 96 valence electrons. The van der Waals surface area contributed by atoms with Gasteiger partial charge in [-0.1, -0.05) is 12.1 Å². The molecule has 1 saturated heterocycles. The second kappa shape index (κ2) is 5.24. The number of aliphatic hydroxyl groups excluding tert-OH is 1. The van der Waals surface area contributed by atoms with E-state index in [1.54, 1.807) is 11.9 Å². The second-order valence-corrected chi connectivity index (χ2v) is 5.74. The molecule has 0 aromatic heterocycles. The molecular weight excluding hydrogens is 244 g/mol. The van der Waals surface area contributed by atoms with Crippen LogP contribution < -0.4 is 15.2 Å². The van der Waals surface area contributed by atoms with Crippen LogP contribution in [0.15, 0.2) is 23.1 Å². The van der Waals surface area contributed by atoms with Gasteiger partial charge in [0.2, 0.25) is 0 Å². The normalized spacial score (nSPS) is 20.2. The van der Waals surface area contributed by atoms with Crippen molar-refractivity contribution in [1.82, 2.24) is 9.62 Å². The molecule has 2 heterocycles. The zero-order valence-electron chi connectivity index (χ0n) is 10.4. The molecule has 0 atom stereocenters. The zero-order valence-corrected chi connectivity index (χ0v) is 11.2. The highest BCUT2D eigenvalue weighted by atomic mass is 32.2. The van der Waals surface area contributed by atoms with Gasteiger partial charge in [-0.2, -0.15) is 0 Å². The Morgan fingerprint density at radius 1 is 1.33 bits per heavy atom. The zero-order chi connectivity index (χ0) is 12.4. The minimum atomic E-state index is 0.511. The molecule has 1 fully saturated rings. The van der Waals surface area contributed by atoms with E-state index >= 15 is 0 Å². The van der Waals surface area contributed by atoms with Gasteiger partial charge in [-0.15, -0.1) is 0 Å². The van der Waals surface area contributed by atoms with Crippen LogP contribution in [-0.4, -0.2) is 29.6 Å². The lowest BCUT2D eigenvalue weighted by atomic mass is 10.2. The molecule has 3 rings (SSSR count). The molecule has 2 aliphatic rings. The van der Waals surface area contributed by atoms with Gasteiger partial charge in [0.15, 0.2) is 0 Å². The van der Waals surface area contributed by atoms with Crippen LogP contribution in [0.1, 0.15) is 19.3 Å². The summed E-state index contributed by atoms with van der Waals surface area (Å²) in [5.41, 5.74) is 0. The first-order chi connectivity index (χ1) is 8.83. The summed E-state index contributed by atoms with van der Waals surface area (Å²) >= 11 is 1.60. The highest BCUT2D eigenvalue weighted by Gasteiger charge is 2.11. The fourth-order valence-electron chi connectivity index (χ4n) is 2.49. The van der Waals surface area contributed by atoms with Gasteiger partial charge in [0.1, 0.15) is 5.76 Å². The molecule has 1 aromatic rings. The fraction of sp³-hybridized carbons (Fsp3) is 0.429. The van der Waals surface area contributed by atoms with Crippen LogP contribution in [0.4, 0.5) is 0 Å². The molecule has 0 saturated carbocycles. The molecular formula is C14H18N2OS. The van der Waals surface area contributed by atoms with Gasteiger partial charge in [0.05, 0.1) is 0 Å². The molecule has 0 amide bonds. The van der Waals surface area contributed by atoms with E-state index in [1.807, 2.05) is 12.3 Å². The van der Waals surface area contributed by atoms with Crippen molar-refractivity contribution in [3.8, 4) is 0 Å². The Balaban J connectivity index is 1.75. The first kappa shape index (κ1) is 11.9. The number of benzene rings is 1. The van der Waals surface area contributed by atoms with Crippen molar-refractivity contribution in [1.29, 1.82) is 0 Å². The number of nitrogens with zero attached hydrogens (tertiary/aromatic N) is 1. The SMILES string of the molecule is OC(CCN1CCCC1)=c1ccc2c(c1)SNC=2. The topological polar surface area (TPSA) is 35.5 Å². The second-order valence-electron chi connectivity index (χ2n) is 4.86. The van der Waals surface area contributed by atoms with Crippen molar-refractivity contribution in [2.24, 2.45) is 0 Å². The monoisotopic (exact) mass is 262 g/mol. The van der Waals surface area contributed by atoms with E-state index in [9.17, 15) is 5.11 Å². The van der Waals surface area contributed by atoms with Crippen LogP contribution in [-0.2, 0) is 0 Å². The Morgan fingerprint density at radius 3 is 3.00 bits per heavy atom. The van der Waals surface area contributed by atoms with E-state index < -0.39 is 0 Å². The maximum absolute atomic E-state index is 10.2. The number of aliphatic hydroxyl groups is 1. The van der Waals surface area contributed by atoms with Gasteiger partial charge < -0.3 is 14.7 Å². The molecule has 4 heteroatoms. The Labute approximate surface area is 111 Å². The van der Waals surface area contributed by atoms with E-state index in [4.69, 9.17) is 0 Å². The largest absolute Gasteiger partial charge is 0.512 e. The lowest BCUT2D eigenvalue weighted by molar-refractivity contribution is 0.333. The minimum Gasteiger partial charge on any atom is -0.512 e. The van der Waals surface area contributed by atoms with Crippen LogP contribution in [0.25, 0.3) is 12.0 Å². The molecule has 18 heavy (non-hydrogen) atoms. The third-order valence-electron chi connectivity index (χ3n) is 3.59. The number of rotatable bonds is 3. The summed E-state index contributed by atoms with van der Waals surface area (Å²) in [6.45, 7) is 3.35. The lowest BCUT2D eigenvalue weighted by Crippen LogP contribution is -2.22. The molecule has 2 N–H and O–H groups in total. The van der Waals surface area contributed by atoms with E-state index in [-0.39, 0.29) is 0 Å². The molecule has 0 unspecified atom stereocenters. The van der Waals surface area contributed by atoms with Crippen molar-refractivity contribution in [2.45, 2.75) is 24.2 Å². The summed E-state index contributed by atoms with van der Waals surface area (Å²) in [6, 6.07) is 6.13. The molecule has 3 nitrogen and oxygen atoms in total. The van der Waals surface area contributed by atoms with Gasteiger partial charge in [0.25, 0.3) is 0 Å². The highest BCUT2D eigenvalue weighted by molar-refractivity contribution is 7.97. The molecule has 0 spiro atoms. The Bertz CT molecular complexity index is 549. The smallest absolute Gasteiger partial charge is 0.101 e. The molecule has 0 radical (unpaired) electrons. The number of hydrogen-bond donors (Lipinski definition) is 2. The van der Waals surface area contributed by atoms with Crippen molar-refractivity contribution < 1.29 is 5.11 Å². The molecule has 2 aliphatic heterocycles. The van der Waals surface area contributed by atoms with Gasteiger partial charge in [-0.25, -0.2) is 0 Å². The summed E-state index contributed by atoms with van der Waals surface area (Å²) in [5.74, 6) is 0.511.